The monoisotopic (exact) mass is 306 g/mol. The highest BCUT2D eigenvalue weighted by Gasteiger charge is 2.30. The Hall–Kier alpha value is -1.02. The Labute approximate surface area is 137 Å². The lowest BCUT2D eigenvalue weighted by Gasteiger charge is -2.36. The van der Waals surface area contributed by atoms with Gasteiger partial charge >= 0.3 is 0 Å². The van der Waals surface area contributed by atoms with Crippen molar-refractivity contribution in [2.75, 3.05) is 7.11 Å². The summed E-state index contributed by atoms with van der Waals surface area (Å²) in [5, 5.41) is 0. The molecule has 0 saturated heterocycles. The summed E-state index contributed by atoms with van der Waals surface area (Å²) in [4.78, 5) is 0. The van der Waals surface area contributed by atoms with Gasteiger partial charge in [0.15, 0.2) is 0 Å². The molecule has 126 valence electrons. The van der Waals surface area contributed by atoms with Gasteiger partial charge in [-0.3, -0.25) is 0 Å². The van der Waals surface area contributed by atoms with Gasteiger partial charge in [-0.25, -0.2) is 0 Å². The van der Waals surface area contributed by atoms with Crippen LogP contribution in [0.1, 0.15) is 66.4 Å². The molecule has 3 unspecified atom stereocenters. The summed E-state index contributed by atoms with van der Waals surface area (Å²) in [5.41, 5.74) is 1.65. The molecule has 2 nitrogen and oxygen atoms in total. The van der Waals surface area contributed by atoms with E-state index in [1.807, 2.05) is 0 Å². The highest BCUT2D eigenvalue weighted by atomic mass is 16.7. The maximum atomic E-state index is 5.91. The highest BCUT2D eigenvalue weighted by molar-refractivity contribution is 5.31. The fourth-order valence-corrected chi connectivity index (χ4v) is 3.26. The van der Waals surface area contributed by atoms with Crippen molar-refractivity contribution in [2.24, 2.45) is 17.3 Å². The predicted octanol–water partition coefficient (Wildman–Crippen LogP) is 5.87. The van der Waals surface area contributed by atoms with Crippen LogP contribution < -0.4 is 4.74 Å². The Bertz CT molecular complexity index is 428. The maximum absolute atomic E-state index is 5.91. The van der Waals surface area contributed by atoms with Crippen molar-refractivity contribution in [3.05, 3.63) is 29.8 Å². The van der Waals surface area contributed by atoms with Crippen LogP contribution in [0.15, 0.2) is 24.3 Å². The lowest BCUT2D eigenvalue weighted by Crippen LogP contribution is -2.25. The van der Waals surface area contributed by atoms with Gasteiger partial charge in [-0.15, -0.1) is 0 Å². The zero-order valence-electron chi connectivity index (χ0n) is 15.6. The number of benzene rings is 1. The molecule has 3 atom stereocenters. The molecule has 1 aromatic carbocycles. The lowest BCUT2D eigenvalue weighted by atomic mass is 9.69. The Morgan fingerprint density at radius 3 is 1.91 bits per heavy atom. The summed E-state index contributed by atoms with van der Waals surface area (Å²) in [6.45, 7) is 15.8. The van der Waals surface area contributed by atoms with Gasteiger partial charge in [-0.05, 0) is 34.9 Å². The smallest absolute Gasteiger partial charge is 0.201 e. The van der Waals surface area contributed by atoms with Crippen LogP contribution in [0.5, 0.6) is 5.75 Å². The molecule has 0 aromatic heterocycles. The van der Waals surface area contributed by atoms with E-state index in [2.05, 4.69) is 72.7 Å². The number of hydrogen-bond acceptors (Lipinski definition) is 2. The number of ether oxygens (including phenoxy) is 2. The largest absolute Gasteiger partial charge is 0.465 e. The summed E-state index contributed by atoms with van der Waals surface area (Å²) in [6.07, 6.45) is 0.998. The quantitative estimate of drug-likeness (QED) is 0.586. The van der Waals surface area contributed by atoms with Crippen molar-refractivity contribution in [1.29, 1.82) is 0 Å². The fourth-order valence-electron chi connectivity index (χ4n) is 3.26. The van der Waals surface area contributed by atoms with Crippen LogP contribution >= 0.6 is 0 Å². The Balaban J connectivity index is 2.94. The molecular weight excluding hydrogens is 272 g/mol. The third kappa shape index (κ3) is 5.01. The molecule has 0 spiro atoms. The molecule has 1 aromatic rings. The van der Waals surface area contributed by atoms with Crippen molar-refractivity contribution in [1.82, 2.24) is 0 Å². The van der Waals surface area contributed by atoms with E-state index in [4.69, 9.17) is 9.47 Å². The van der Waals surface area contributed by atoms with Crippen LogP contribution in [0.2, 0.25) is 0 Å². The Kier molecular flexibility index (Phi) is 6.93. The van der Waals surface area contributed by atoms with E-state index in [9.17, 15) is 0 Å². The second kappa shape index (κ2) is 8.01. The Morgan fingerprint density at radius 1 is 1.00 bits per heavy atom. The molecule has 0 saturated carbocycles. The molecule has 22 heavy (non-hydrogen) atoms. The molecule has 0 radical (unpaired) electrons. The normalized spacial score (nSPS) is 16.4. The lowest BCUT2D eigenvalue weighted by molar-refractivity contribution is -0.0833. The van der Waals surface area contributed by atoms with E-state index in [1.54, 1.807) is 7.11 Å². The summed E-state index contributed by atoms with van der Waals surface area (Å²) >= 11 is 0. The van der Waals surface area contributed by atoms with Gasteiger partial charge in [-0.2, -0.15) is 0 Å². The molecule has 2 heteroatoms. The molecule has 0 N–H and O–H groups in total. The minimum atomic E-state index is -0.196. The van der Waals surface area contributed by atoms with Crippen LogP contribution in [-0.4, -0.2) is 13.4 Å². The first-order valence-corrected chi connectivity index (χ1v) is 8.50. The third-order valence-electron chi connectivity index (χ3n) is 4.41. The van der Waals surface area contributed by atoms with Gasteiger partial charge in [-0.1, -0.05) is 67.0 Å². The van der Waals surface area contributed by atoms with Crippen LogP contribution in [0.25, 0.3) is 0 Å². The topological polar surface area (TPSA) is 18.5 Å². The van der Waals surface area contributed by atoms with Gasteiger partial charge < -0.3 is 9.47 Å². The molecule has 0 amide bonds. The van der Waals surface area contributed by atoms with E-state index in [-0.39, 0.29) is 11.7 Å². The first kappa shape index (κ1) is 19.0. The van der Waals surface area contributed by atoms with E-state index in [0.29, 0.717) is 17.8 Å². The SMILES string of the molecule is CCC(C)C(c1ccc(OC(OC)C(C)C)cc1)C(C)(C)C. The molecule has 0 aliphatic carbocycles. The van der Waals surface area contributed by atoms with Gasteiger partial charge in [0.25, 0.3) is 0 Å². The van der Waals surface area contributed by atoms with Gasteiger partial charge in [0.1, 0.15) is 5.75 Å². The zero-order valence-corrected chi connectivity index (χ0v) is 15.6. The number of rotatable bonds is 7. The predicted molar refractivity (Wildman–Crippen MR) is 94.4 cm³/mol. The summed E-state index contributed by atoms with van der Waals surface area (Å²) in [6, 6.07) is 8.57. The second-order valence-corrected chi connectivity index (χ2v) is 7.76. The van der Waals surface area contributed by atoms with Crippen molar-refractivity contribution >= 4 is 0 Å². The highest BCUT2D eigenvalue weighted by Crippen LogP contribution is 2.42. The minimum absolute atomic E-state index is 0.196. The molecule has 0 bridgehead atoms. The number of hydrogen-bond donors (Lipinski definition) is 0. The van der Waals surface area contributed by atoms with Crippen LogP contribution in [0.4, 0.5) is 0 Å². The first-order chi connectivity index (χ1) is 10.2. The van der Waals surface area contributed by atoms with Crippen LogP contribution in [0, 0.1) is 17.3 Å². The van der Waals surface area contributed by atoms with Gasteiger partial charge in [0.2, 0.25) is 6.29 Å². The summed E-state index contributed by atoms with van der Waals surface area (Å²) in [5.74, 6) is 2.41. The maximum Gasteiger partial charge on any atom is 0.201 e. The van der Waals surface area contributed by atoms with E-state index >= 15 is 0 Å². The van der Waals surface area contributed by atoms with Crippen LogP contribution in [0.3, 0.4) is 0 Å². The molecule has 0 aliphatic heterocycles. The summed E-state index contributed by atoms with van der Waals surface area (Å²) < 4.78 is 11.3. The molecular formula is C20H34O2. The van der Waals surface area contributed by atoms with Crippen molar-refractivity contribution in [3.8, 4) is 5.75 Å². The fraction of sp³-hybridized carbons (Fsp3) is 0.700. The molecule has 0 heterocycles. The third-order valence-corrected chi connectivity index (χ3v) is 4.41. The van der Waals surface area contributed by atoms with Crippen LogP contribution in [-0.2, 0) is 4.74 Å². The zero-order chi connectivity index (χ0) is 16.9. The average molecular weight is 306 g/mol. The Morgan fingerprint density at radius 2 is 1.55 bits per heavy atom. The second-order valence-electron chi connectivity index (χ2n) is 7.76. The van der Waals surface area contributed by atoms with Crippen molar-refractivity contribution in [2.45, 2.75) is 67.1 Å². The van der Waals surface area contributed by atoms with Gasteiger partial charge in [0.05, 0.1) is 0 Å². The average Bonchev–Trinajstić information content (AvgIpc) is 2.44. The molecule has 0 aliphatic rings. The molecule has 1 rings (SSSR count). The van der Waals surface area contributed by atoms with E-state index in [0.717, 1.165) is 5.75 Å². The first-order valence-electron chi connectivity index (χ1n) is 8.50. The minimum Gasteiger partial charge on any atom is -0.465 e. The molecule has 0 fully saturated rings. The van der Waals surface area contributed by atoms with Crippen molar-refractivity contribution in [3.63, 3.8) is 0 Å². The van der Waals surface area contributed by atoms with Gasteiger partial charge in [0, 0.05) is 13.0 Å². The van der Waals surface area contributed by atoms with E-state index in [1.165, 1.54) is 12.0 Å². The van der Waals surface area contributed by atoms with E-state index < -0.39 is 0 Å². The number of methoxy groups -OCH3 is 1. The van der Waals surface area contributed by atoms with Crippen molar-refractivity contribution < 1.29 is 9.47 Å². The summed E-state index contributed by atoms with van der Waals surface area (Å²) in [7, 11) is 1.69. The standard InChI is InChI=1S/C20H34O2/c1-9-15(4)18(20(5,6)7)16-10-12-17(13-11-16)22-19(21-8)14(2)3/h10-15,18-19H,9H2,1-8H3.